The first kappa shape index (κ1) is 14.0. The molecular formula is C12H22N2O3. The average Bonchev–Trinajstić information content (AvgIpc) is 2.77. The van der Waals surface area contributed by atoms with Crippen LogP contribution in [0.4, 0.5) is 0 Å². The van der Waals surface area contributed by atoms with Crippen LogP contribution in [0.2, 0.25) is 0 Å². The lowest BCUT2D eigenvalue weighted by Crippen LogP contribution is -2.56. The predicted molar refractivity (Wildman–Crippen MR) is 64.5 cm³/mol. The molecule has 0 aromatic carbocycles. The maximum atomic E-state index is 12.3. The molecule has 0 spiro atoms. The van der Waals surface area contributed by atoms with Gasteiger partial charge in [-0.25, -0.2) is 0 Å². The summed E-state index contributed by atoms with van der Waals surface area (Å²) >= 11 is 0. The zero-order valence-corrected chi connectivity index (χ0v) is 10.6. The quantitative estimate of drug-likeness (QED) is 0.752. The molecule has 0 heterocycles. The number of carbonyl (C=O) groups excluding carboxylic acids is 1. The second kappa shape index (κ2) is 5.49. The van der Waals surface area contributed by atoms with Crippen LogP contribution in [0.5, 0.6) is 0 Å². The monoisotopic (exact) mass is 242 g/mol. The second-order valence-corrected chi connectivity index (χ2v) is 5.04. The number of carboxylic acids is 1. The van der Waals surface area contributed by atoms with Gasteiger partial charge in [0.05, 0.1) is 5.54 Å². The zero-order valence-electron chi connectivity index (χ0n) is 10.6. The Hall–Kier alpha value is -1.10. The third kappa shape index (κ3) is 3.43. The molecule has 1 aliphatic carbocycles. The summed E-state index contributed by atoms with van der Waals surface area (Å²) in [6, 6.07) is 0.0491. The summed E-state index contributed by atoms with van der Waals surface area (Å²) in [5.41, 5.74) is 4.96. The number of aliphatic carboxylic acids is 1. The summed E-state index contributed by atoms with van der Waals surface area (Å²) < 4.78 is 0. The van der Waals surface area contributed by atoms with Crippen LogP contribution < -0.4 is 5.73 Å². The second-order valence-electron chi connectivity index (χ2n) is 5.04. The minimum absolute atomic E-state index is 0.0491. The Morgan fingerprint density at radius 2 is 1.94 bits per heavy atom. The van der Waals surface area contributed by atoms with Crippen molar-refractivity contribution in [1.29, 1.82) is 0 Å². The van der Waals surface area contributed by atoms with E-state index in [1.165, 1.54) is 4.90 Å². The molecule has 0 aliphatic heterocycles. The van der Waals surface area contributed by atoms with Gasteiger partial charge < -0.3 is 15.7 Å². The molecule has 17 heavy (non-hydrogen) atoms. The van der Waals surface area contributed by atoms with Crippen molar-refractivity contribution < 1.29 is 14.7 Å². The van der Waals surface area contributed by atoms with E-state index >= 15 is 0 Å². The van der Waals surface area contributed by atoms with Gasteiger partial charge in [0.15, 0.2) is 0 Å². The summed E-state index contributed by atoms with van der Waals surface area (Å²) in [6.45, 7) is 3.26. The van der Waals surface area contributed by atoms with Crippen LogP contribution in [-0.2, 0) is 9.59 Å². The molecule has 3 N–H and O–H groups in total. The lowest BCUT2D eigenvalue weighted by Gasteiger charge is -2.34. The van der Waals surface area contributed by atoms with Crippen molar-refractivity contribution in [2.75, 3.05) is 6.54 Å². The van der Waals surface area contributed by atoms with E-state index < -0.39 is 11.5 Å². The number of amides is 1. The highest BCUT2D eigenvalue weighted by Crippen LogP contribution is 2.25. The van der Waals surface area contributed by atoms with E-state index in [0.717, 1.165) is 25.7 Å². The Labute approximate surface area is 102 Å². The number of carboxylic acid groups (broad SMARTS) is 1. The SMILES string of the molecule is CCC(C)(N)C(=O)N(CC(=O)O)C1CCCC1. The van der Waals surface area contributed by atoms with Gasteiger partial charge in [0.25, 0.3) is 0 Å². The largest absolute Gasteiger partial charge is 0.480 e. The fraction of sp³-hybridized carbons (Fsp3) is 0.833. The number of rotatable bonds is 5. The summed E-state index contributed by atoms with van der Waals surface area (Å²) in [4.78, 5) is 24.6. The summed E-state index contributed by atoms with van der Waals surface area (Å²) in [7, 11) is 0. The van der Waals surface area contributed by atoms with E-state index in [9.17, 15) is 9.59 Å². The van der Waals surface area contributed by atoms with Crippen LogP contribution in [0.1, 0.15) is 46.0 Å². The van der Waals surface area contributed by atoms with E-state index in [1.807, 2.05) is 6.92 Å². The maximum Gasteiger partial charge on any atom is 0.323 e. The number of nitrogens with zero attached hydrogens (tertiary/aromatic N) is 1. The highest BCUT2D eigenvalue weighted by molar-refractivity contribution is 5.88. The van der Waals surface area contributed by atoms with Crippen LogP contribution >= 0.6 is 0 Å². The molecule has 1 fully saturated rings. The van der Waals surface area contributed by atoms with Gasteiger partial charge in [-0.15, -0.1) is 0 Å². The number of hydrogen-bond donors (Lipinski definition) is 2. The van der Waals surface area contributed by atoms with Crippen molar-refractivity contribution in [3.8, 4) is 0 Å². The molecular weight excluding hydrogens is 220 g/mol. The molecule has 5 nitrogen and oxygen atoms in total. The predicted octanol–water partition coefficient (Wildman–Crippen LogP) is 0.970. The molecule has 1 atom stereocenters. The van der Waals surface area contributed by atoms with E-state index in [1.54, 1.807) is 6.92 Å². The Balaban J connectivity index is 2.81. The number of carbonyl (C=O) groups is 2. The van der Waals surface area contributed by atoms with E-state index in [2.05, 4.69) is 0 Å². The zero-order chi connectivity index (χ0) is 13.1. The van der Waals surface area contributed by atoms with Crippen LogP contribution in [0.25, 0.3) is 0 Å². The highest BCUT2D eigenvalue weighted by Gasteiger charge is 2.36. The number of nitrogens with two attached hydrogens (primary N) is 1. The summed E-state index contributed by atoms with van der Waals surface area (Å²) in [5, 5.41) is 8.90. The first-order chi connectivity index (χ1) is 7.88. The molecule has 0 saturated heterocycles. The first-order valence-electron chi connectivity index (χ1n) is 6.20. The summed E-state index contributed by atoms with van der Waals surface area (Å²) in [5.74, 6) is -1.22. The van der Waals surface area contributed by atoms with E-state index in [-0.39, 0.29) is 18.5 Å². The van der Waals surface area contributed by atoms with Crippen molar-refractivity contribution in [2.45, 2.75) is 57.5 Å². The van der Waals surface area contributed by atoms with Crippen LogP contribution in [0.15, 0.2) is 0 Å². The Kier molecular flexibility index (Phi) is 4.51. The van der Waals surface area contributed by atoms with Gasteiger partial charge >= 0.3 is 5.97 Å². The lowest BCUT2D eigenvalue weighted by molar-refractivity contribution is -0.148. The van der Waals surface area contributed by atoms with Gasteiger partial charge in [0, 0.05) is 6.04 Å². The highest BCUT2D eigenvalue weighted by atomic mass is 16.4. The molecule has 1 rings (SSSR count). The van der Waals surface area contributed by atoms with E-state index in [0.29, 0.717) is 6.42 Å². The summed E-state index contributed by atoms with van der Waals surface area (Å²) in [6.07, 6.45) is 4.40. The van der Waals surface area contributed by atoms with Gasteiger partial charge in [-0.05, 0) is 26.2 Å². The van der Waals surface area contributed by atoms with Crippen molar-refractivity contribution in [3.05, 3.63) is 0 Å². The molecule has 0 bridgehead atoms. The molecule has 0 aromatic rings. The van der Waals surface area contributed by atoms with Gasteiger partial charge in [-0.1, -0.05) is 19.8 Å². The third-order valence-corrected chi connectivity index (χ3v) is 3.55. The minimum Gasteiger partial charge on any atom is -0.480 e. The van der Waals surface area contributed by atoms with E-state index in [4.69, 9.17) is 10.8 Å². The Bertz CT molecular complexity index is 296. The third-order valence-electron chi connectivity index (χ3n) is 3.55. The molecule has 1 aliphatic rings. The standard InChI is InChI=1S/C12H22N2O3/c1-3-12(2,13)11(17)14(8-10(15)16)9-6-4-5-7-9/h9H,3-8,13H2,1-2H3,(H,15,16). The lowest BCUT2D eigenvalue weighted by atomic mass is 9.97. The molecule has 98 valence electrons. The van der Waals surface area contributed by atoms with Crippen molar-refractivity contribution in [1.82, 2.24) is 4.90 Å². The molecule has 0 radical (unpaired) electrons. The smallest absolute Gasteiger partial charge is 0.323 e. The number of hydrogen-bond acceptors (Lipinski definition) is 3. The molecule has 0 aromatic heterocycles. The topological polar surface area (TPSA) is 83.6 Å². The fourth-order valence-electron chi connectivity index (χ4n) is 2.21. The Morgan fingerprint density at radius 1 is 1.41 bits per heavy atom. The van der Waals surface area contributed by atoms with Crippen LogP contribution in [-0.4, -0.2) is 40.0 Å². The first-order valence-corrected chi connectivity index (χ1v) is 6.20. The van der Waals surface area contributed by atoms with Gasteiger partial charge in [0.2, 0.25) is 5.91 Å². The minimum atomic E-state index is -0.975. The molecule has 1 saturated carbocycles. The Morgan fingerprint density at radius 3 is 2.35 bits per heavy atom. The van der Waals surface area contributed by atoms with Crippen molar-refractivity contribution in [2.24, 2.45) is 5.73 Å². The average molecular weight is 242 g/mol. The van der Waals surface area contributed by atoms with Crippen LogP contribution in [0, 0.1) is 0 Å². The van der Waals surface area contributed by atoms with Crippen LogP contribution in [0.3, 0.4) is 0 Å². The van der Waals surface area contributed by atoms with Gasteiger partial charge in [0.1, 0.15) is 6.54 Å². The fourth-order valence-corrected chi connectivity index (χ4v) is 2.21. The van der Waals surface area contributed by atoms with Gasteiger partial charge in [-0.3, -0.25) is 9.59 Å². The molecule has 1 unspecified atom stereocenters. The van der Waals surface area contributed by atoms with Crippen molar-refractivity contribution >= 4 is 11.9 Å². The normalized spacial score (nSPS) is 19.9. The van der Waals surface area contributed by atoms with Crippen molar-refractivity contribution in [3.63, 3.8) is 0 Å². The maximum absolute atomic E-state index is 12.3. The van der Waals surface area contributed by atoms with Gasteiger partial charge in [-0.2, -0.15) is 0 Å². The molecule has 1 amide bonds. The molecule has 5 heteroatoms.